The normalized spacial score (nSPS) is 18.9. The number of furan rings is 1. The Bertz CT molecular complexity index is 808. The van der Waals surface area contributed by atoms with E-state index in [1.165, 1.54) is 32.1 Å². The molecule has 0 aromatic carbocycles. The minimum Gasteiger partial charge on any atom is -0.460 e. The molecule has 1 saturated heterocycles. The monoisotopic (exact) mass is 426 g/mol. The molecule has 4 rings (SSSR count). The highest BCUT2D eigenvalue weighted by molar-refractivity contribution is 5.72. The van der Waals surface area contributed by atoms with Crippen molar-refractivity contribution in [1.29, 1.82) is 0 Å². The molecule has 0 spiro atoms. The first-order valence-corrected chi connectivity index (χ1v) is 12.1. The van der Waals surface area contributed by atoms with Gasteiger partial charge in [-0.25, -0.2) is 4.98 Å². The summed E-state index contributed by atoms with van der Waals surface area (Å²) in [6.45, 7) is 8.35. The third-order valence-electron chi connectivity index (χ3n) is 6.45. The standard InChI is InChI=1S/C24H38N6O/c1-3-4-12-25-24-26-17-21(23(28-24)27-19-8-6-5-7-9-19)22-11-10-20(31-22)18-30-15-13-29(2)14-16-30/h10-11,17,19H,3-9,12-16,18H2,1-2H3,(H2,25,26,27,28). The second-order valence-corrected chi connectivity index (χ2v) is 9.06. The maximum absolute atomic E-state index is 6.27. The van der Waals surface area contributed by atoms with Crippen LogP contribution in [0.5, 0.6) is 0 Å². The van der Waals surface area contributed by atoms with Gasteiger partial charge in [-0.2, -0.15) is 4.98 Å². The summed E-state index contributed by atoms with van der Waals surface area (Å²) < 4.78 is 6.27. The van der Waals surface area contributed by atoms with E-state index in [0.29, 0.717) is 12.0 Å². The highest BCUT2D eigenvalue weighted by Gasteiger charge is 2.20. The average molecular weight is 427 g/mol. The molecule has 7 heteroatoms. The summed E-state index contributed by atoms with van der Waals surface area (Å²) in [5, 5.41) is 7.07. The third-order valence-corrected chi connectivity index (χ3v) is 6.45. The summed E-state index contributed by atoms with van der Waals surface area (Å²) in [4.78, 5) is 14.2. The number of anilines is 2. The van der Waals surface area contributed by atoms with E-state index in [4.69, 9.17) is 9.40 Å². The number of hydrogen-bond donors (Lipinski definition) is 2. The second-order valence-electron chi connectivity index (χ2n) is 9.06. The summed E-state index contributed by atoms with van der Waals surface area (Å²) in [6, 6.07) is 4.65. The van der Waals surface area contributed by atoms with Gasteiger partial charge in [0.1, 0.15) is 17.3 Å². The molecule has 31 heavy (non-hydrogen) atoms. The first-order valence-electron chi connectivity index (χ1n) is 12.1. The molecular formula is C24H38N6O. The molecular weight excluding hydrogens is 388 g/mol. The molecule has 2 fully saturated rings. The van der Waals surface area contributed by atoms with E-state index in [-0.39, 0.29) is 0 Å². The Morgan fingerprint density at radius 1 is 1.10 bits per heavy atom. The van der Waals surface area contributed by atoms with Crippen molar-refractivity contribution >= 4 is 11.8 Å². The third kappa shape index (κ3) is 6.20. The Labute approximate surface area is 186 Å². The van der Waals surface area contributed by atoms with Gasteiger partial charge in [0, 0.05) is 45.0 Å². The van der Waals surface area contributed by atoms with Gasteiger partial charge in [0.15, 0.2) is 0 Å². The Balaban J connectivity index is 1.49. The zero-order chi connectivity index (χ0) is 21.5. The van der Waals surface area contributed by atoms with Crippen LogP contribution in [-0.2, 0) is 6.54 Å². The molecule has 1 aliphatic heterocycles. The van der Waals surface area contributed by atoms with Crippen LogP contribution < -0.4 is 10.6 Å². The summed E-state index contributed by atoms with van der Waals surface area (Å²) in [5.74, 6) is 3.44. The van der Waals surface area contributed by atoms with E-state index in [1.54, 1.807) is 0 Å². The fourth-order valence-corrected chi connectivity index (χ4v) is 4.41. The highest BCUT2D eigenvalue weighted by Crippen LogP contribution is 2.31. The molecule has 2 aromatic rings. The molecule has 0 radical (unpaired) electrons. The summed E-state index contributed by atoms with van der Waals surface area (Å²) in [6.07, 6.45) is 10.5. The Morgan fingerprint density at radius 2 is 1.90 bits per heavy atom. The van der Waals surface area contributed by atoms with Crippen molar-refractivity contribution in [1.82, 2.24) is 19.8 Å². The van der Waals surface area contributed by atoms with E-state index in [9.17, 15) is 0 Å². The topological polar surface area (TPSA) is 69.5 Å². The largest absolute Gasteiger partial charge is 0.460 e. The average Bonchev–Trinajstić information content (AvgIpc) is 3.25. The Morgan fingerprint density at radius 3 is 2.68 bits per heavy atom. The molecule has 2 aromatic heterocycles. The molecule has 7 nitrogen and oxygen atoms in total. The summed E-state index contributed by atoms with van der Waals surface area (Å²) in [7, 11) is 2.18. The van der Waals surface area contributed by atoms with Crippen LogP contribution in [0.2, 0.25) is 0 Å². The van der Waals surface area contributed by atoms with Gasteiger partial charge in [-0.15, -0.1) is 0 Å². The zero-order valence-corrected chi connectivity index (χ0v) is 19.2. The molecule has 1 saturated carbocycles. The number of nitrogens with zero attached hydrogens (tertiary/aromatic N) is 4. The molecule has 0 amide bonds. The van der Waals surface area contributed by atoms with Crippen LogP contribution >= 0.6 is 0 Å². The smallest absolute Gasteiger partial charge is 0.224 e. The molecule has 170 valence electrons. The Hall–Kier alpha value is -2.12. The number of nitrogens with one attached hydrogen (secondary N) is 2. The lowest BCUT2D eigenvalue weighted by Crippen LogP contribution is -2.43. The van der Waals surface area contributed by atoms with Crippen LogP contribution in [0.15, 0.2) is 22.7 Å². The van der Waals surface area contributed by atoms with Gasteiger partial charge in [-0.3, -0.25) is 4.90 Å². The predicted molar refractivity (Wildman–Crippen MR) is 126 cm³/mol. The number of unbranched alkanes of at least 4 members (excludes halogenated alkanes) is 1. The number of hydrogen-bond acceptors (Lipinski definition) is 7. The highest BCUT2D eigenvalue weighted by atomic mass is 16.3. The molecule has 0 atom stereocenters. The van der Waals surface area contributed by atoms with Crippen molar-refractivity contribution in [2.75, 3.05) is 50.4 Å². The molecule has 0 unspecified atom stereocenters. The van der Waals surface area contributed by atoms with Gasteiger partial charge >= 0.3 is 0 Å². The molecule has 2 N–H and O–H groups in total. The molecule has 1 aliphatic carbocycles. The second kappa shape index (κ2) is 11.0. The van der Waals surface area contributed by atoms with E-state index < -0.39 is 0 Å². The zero-order valence-electron chi connectivity index (χ0n) is 19.2. The lowest BCUT2D eigenvalue weighted by atomic mass is 9.95. The maximum atomic E-state index is 6.27. The fourth-order valence-electron chi connectivity index (χ4n) is 4.41. The maximum Gasteiger partial charge on any atom is 0.224 e. The van der Waals surface area contributed by atoms with E-state index in [2.05, 4.69) is 51.5 Å². The minimum atomic E-state index is 0.477. The molecule has 3 heterocycles. The van der Waals surface area contributed by atoms with Crippen molar-refractivity contribution in [2.45, 2.75) is 64.5 Å². The first-order chi connectivity index (χ1) is 15.2. The van der Waals surface area contributed by atoms with Crippen molar-refractivity contribution in [3.63, 3.8) is 0 Å². The molecule has 0 bridgehead atoms. The summed E-state index contributed by atoms with van der Waals surface area (Å²) in [5.41, 5.74) is 0.955. The van der Waals surface area contributed by atoms with Crippen molar-refractivity contribution < 1.29 is 4.42 Å². The van der Waals surface area contributed by atoms with Crippen molar-refractivity contribution in [3.8, 4) is 11.3 Å². The number of likely N-dealkylation sites (N-methyl/N-ethyl adjacent to an activating group) is 1. The van der Waals surface area contributed by atoms with Gasteiger partial charge in [-0.05, 0) is 38.4 Å². The predicted octanol–water partition coefficient (Wildman–Crippen LogP) is 4.44. The van der Waals surface area contributed by atoms with Crippen LogP contribution in [-0.4, -0.2) is 65.6 Å². The number of rotatable bonds is 9. The van der Waals surface area contributed by atoms with Gasteiger partial charge in [0.2, 0.25) is 5.95 Å². The number of piperazine rings is 1. The quantitative estimate of drug-likeness (QED) is 0.575. The lowest BCUT2D eigenvalue weighted by Gasteiger charge is -2.31. The molecule has 2 aliphatic rings. The van der Waals surface area contributed by atoms with E-state index in [0.717, 1.165) is 75.0 Å². The van der Waals surface area contributed by atoms with Crippen molar-refractivity contribution in [2.24, 2.45) is 0 Å². The lowest BCUT2D eigenvalue weighted by molar-refractivity contribution is 0.140. The Kier molecular flexibility index (Phi) is 7.81. The van der Waals surface area contributed by atoms with Gasteiger partial charge in [-0.1, -0.05) is 32.6 Å². The van der Waals surface area contributed by atoms with Crippen LogP contribution in [0.25, 0.3) is 11.3 Å². The van der Waals surface area contributed by atoms with Gasteiger partial charge < -0.3 is 20.0 Å². The van der Waals surface area contributed by atoms with Crippen LogP contribution in [0.1, 0.15) is 57.6 Å². The first kappa shape index (κ1) is 22.1. The van der Waals surface area contributed by atoms with Gasteiger partial charge in [0.25, 0.3) is 0 Å². The minimum absolute atomic E-state index is 0.477. The van der Waals surface area contributed by atoms with Crippen LogP contribution in [0, 0.1) is 0 Å². The summed E-state index contributed by atoms with van der Waals surface area (Å²) >= 11 is 0. The number of aromatic nitrogens is 2. The van der Waals surface area contributed by atoms with E-state index in [1.807, 2.05) is 6.20 Å². The SMILES string of the molecule is CCCCNc1ncc(-c2ccc(CN3CCN(C)CC3)o2)c(NC2CCCCC2)n1. The fraction of sp³-hybridized carbons (Fsp3) is 0.667. The van der Waals surface area contributed by atoms with Crippen LogP contribution in [0.4, 0.5) is 11.8 Å². The van der Waals surface area contributed by atoms with E-state index >= 15 is 0 Å². The van der Waals surface area contributed by atoms with Crippen molar-refractivity contribution in [3.05, 3.63) is 24.1 Å². The van der Waals surface area contributed by atoms with Gasteiger partial charge in [0.05, 0.1) is 12.1 Å². The van der Waals surface area contributed by atoms with Crippen LogP contribution in [0.3, 0.4) is 0 Å².